The summed E-state index contributed by atoms with van der Waals surface area (Å²) in [5, 5.41) is 7.32. The van der Waals surface area contributed by atoms with E-state index < -0.39 is 0 Å². The lowest BCUT2D eigenvalue weighted by Crippen LogP contribution is -2.06. The molecular weight excluding hydrogens is 242 g/mol. The molecule has 2 heterocycles. The Morgan fingerprint density at radius 3 is 3.00 bits per heavy atom. The quantitative estimate of drug-likeness (QED) is 0.655. The van der Waals surface area contributed by atoms with Crippen molar-refractivity contribution in [1.82, 2.24) is 19.7 Å². The van der Waals surface area contributed by atoms with Gasteiger partial charge in [-0.2, -0.15) is 5.10 Å². The fourth-order valence-corrected chi connectivity index (χ4v) is 1.53. The Morgan fingerprint density at radius 2 is 2.35 bits per heavy atom. The zero-order chi connectivity index (χ0) is 12.3. The third-order valence-electron chi connectivity index (χ3n) is 2.16. The van der Waals surface area contributed by atoms with Gasteiger partial charge >= 0.3 is 0 Å². The summed E-state index contributed by atoms with van der Waals surface area (Å²) in [6.07, 6.45) is 3.77. The molecule has 1 N–H and O–H groups in total. The van der Waals surface area contributed by atoms with Crippen LogP contribution in [0, 0.1) is 0 Å². The van der Waals surface area contributed by atoms with Gasteiger partial charge in [0.05, 0.1) is 17.8 Å². The van der Waals surface area contributed by atoms with E-state index in [2.05, 4.69) is 20.4 Å². The molecule has 0 fully saturated rings. The van der Waals surface area contributed by atoms with E-state index in [0.29, 0.717) is 18.6 Å². The molecule has 88 valence electrons. The predicted molar refractivity (Wildman–Crippen MR) is 63.0 cm³/mol. The minimum atomic E-state index is 0.138. The third kappa shape index (κ3) is 2.59. The Bertz CT molecular complexity index is 539. The molecule has 0 bridgehead atoms. The first-order chi connectivity index (χ1) is 8.20. The number of nitrogens with zero attached hydrogens (tertiary/aromatic N) is 4. The van der Waals surface area contributed by atoms with Crippen molar-refractivity contribution in [1.29, 1.82) is 0 Å². The molecular formula is C10H10ClN5O. The number of anilines is 1. The zero-order valence-corrected chi connectivity index (χ0v) is 9.85. The van der Waals surface area contributed by atoms with Gasteiger partial charge in [0.2, 0.25) is 0 Å². The summed E-state index contributed by atoms with van der Waals surface area (Å²) < 4.78 is 1.70. The van der Waals surface area contributed by atoms with Crippen LogP contribution in [0.1, 0.15) is 16.1 Å². The Balaban J connectivity index is 2.14. The van der Waals surface area contributed by atoms with Gasteiger partial charge in [-0.05, 0) is 6.07 Å². The van der Waals surface area contributed by atoms with Gasteiger partial charge in [0.15, 0.2) is 6.29 Å². The van der Waals surface area contributed by atoms with E-state index in [1.165, 1.54) is 6.33 Å². The molecule has 0 saturated carbocycles. The highest BCUT2D eigenvalue weighted by Gasteiger charge is 2.08. The monoisotopic (exact) mass is 251 g/mol. The zero-order valence-electron chi connectivity index (χ0n) is 9.09. The number of aryl methyl sites for hydroxylation is 1. The number of halogens is 1. The second kappa shape index (κ2) is 4.92. The van der Waals surface area contributed by atoms with Crippen molar-refractivity contribution in [2.24, 2.45) is 7.05 Å². The van der Waals surface area contributed by atoms with Crippen LogP contribution in [0.4, 0.5) is 5.82 Å². The van der Waals surface area contributed by atoms with Crippen molar-refractivity contribution >= 4 is 23.7 Å². The minimum Gasteiger partial charge on any atom is -0.364 e. The number of carbonyl (C=O) groups excluding carboxylic acids is 1. The van der Waals surface area contributed by atoms with Crippen molar-refractivity contribution in [2.45, 2.75) is 6.54 Å². The first-order valence-electron chi connectivity index (χ1n) is 4.89. The molecule has 7 heteroatoms. The van der Waals surface area contributed by atoms with Crippen LogP contribution < -0.4 is 5.32 Å². The summed E-state index contributed by atoms with van der Waals surface area (Å²) in [6, 6.07) is 1.87. The number of nitrogens with one attached hydrogen (secondary N) is 1. The van der Waals surface area contributed by atoms with Crippen LogP contribution in [0.2, 0.25) is 5.15 Å². The third-order valence-corrected chi connectivity index (χ3v) is 2.46. The molecule has 0 atom stereocenters. The number of hydrogen-bond acceptors (Lipinski definition) is 5. The van der Waals surface area contributed by atoms with Crippen LogP contribution in [-0.4, -0.2) is 26.0 Å². The smallest absolute Gasteiger partial charge is 0.156 e. The topological polar surface area (TPSA) is 72.7 Å². The van der Waals surface area contributed by atoms with Crippen LogP contribution in [0.5, 0.6) is 0 Å². The summed E-state index contributed by atoms with van der Waals surface area (Å²) in [5.74, 6) is 0.408. The Labute approximate surface area is 103 Å². The second-order valence-corrected chi connectivity index (χ2v) is 3.74. The first-order valence-corrected chi connectivity index (χ1v) is 5.26. The maximum atomic E-state index is 10.8. The van der Waals surface area contributed by atoms with Gasteiger partial charge in [0, 0.05) is 13.2 Å². The number of aromatic nitrogens is 4. The average molecular weight is 252 g/mol. The lowest BCUT2D eigenvalue weighted by Gasteiger charge is -2.06. The van der Waals surface area contributed by atoms with Gasteiger partial charge in [-0.3, -0.25) is 9.48 Å². The van der Waals surface area contributed by atoms with Gasteiger partial charge in [0.25, 0.3) is 0 Å². The fourth-order valence-electron chi connectivity index (χ4n) is 1.35. The highest BCUT2D eigenvalue weighted by atomic mass is 35.5. The van der Waals surface area contributed by atoms with Crippen molar-refractivity contribution in [2.75, 3.05) is 5.32 Å². The maximum absolute atomic E-state index is 10.8. The largest absolute Gasteiger partial charge is 0.364 e. The summed E-state index contributed by atoms with van der Waals surface area (Å²) >= 11 is 5.77. The van der Waals surface area contributed by atoms with E-state index in [-0.39, 0.29) is 10.7 Å². The lowest BCUT2D eigenvalue weighted by molar-refractivity contribution is 0.112. The van der Waals surface area contributed by atoms with E-state index in [1.54, 1.807) is 4.68 Å². The minimum absolute atomic E-state index is 0.138. The van der Waals surface area contributed by atoms with Gasteiger partial charge in [-0.15, -0.1) is 0 Å². The Morgan fingerprint density at radius 1 is 1.53 bits per heavy atom. The van der Waals surface area contributed by atoms with Crippen molar-refractivity contribution in [3.8, 4) is 0 Å². The standard InChI is InChI=1S/C10H10ClN5O/c1-16-3-2-7(15-16)4-12-10-8(5-17)9(11)13-6-14-10/h2-3,5-6H,4H2,1H3,(H,12,13,14). The molecule has 0 aliphatic carbocycles. The summed E-state index contributed by atoms with van der Waals surface area (Å²) in [7, 11) is 1.84. The molecule has 0 amide bonds. The molecule has 0 aromatic carbocycles. The summed E-state index contributed by atoms with van der Waals surface area (Å²) in [4.78, 5) is 18.5. The van der Waals surface area contributed by atoms with Crippen LogP contribution in [0.3, 0.4) is 0 Å². The van der Waals surface area contributed by atoms with Crippen LogP contribution in [-0.2, 0) is 13.6 Å². The van der Waals surface area contributed by atoms with Gasteiger partial charge in [-0.1, -0.05) is 11.6 Å². The molecule has 6 nitrogen and oxygen atoms in total. The van der Waals surface area contributed by atoms with Crippen molar-refractivity contribution in [3.05, 3.63) is 35.0 Å². The molecule has 0 aliphatic heterocycles. The average Bonchev–Trinajstić information content (AvgIpc) is 2.72. The van der Waals surface area contributed by atoms with E-state index in [0.717, 1.165) is 5.69 Å². The molecule has 2 rings (SSSR count). The Hall–Kier alpha value is -1.95. The van der Waals surface area contributed by atoms with E-state index in [4.69, 9.17) is 11.6 Å². The molecule has 0 saturated heterocycles. The highest BCUT2D eigenvalue weighted by molar-refractivity contribution is 6.32. The van der Waals surface area contributed by atoms with Crippen molar-refractivity contribution < 1.29 is 4.79 Å². The fraction of sp³-hybridized carbons (Fsp3) is 0.200. The first kappa shape index (κ1) is 11.5. The van der Waals surface area contributed by atoms with Crippen LogP contribution >= 0.6 is 11.6 Å². The molecule has 0 radical (unpaired) electrons. The Kier molecular flexibility index (Phi) is 3.34. The normalized spacial score (nSPS) is 10.2. The number of hydrogen-bond donors (Lipinski definition) is 1. The number of carbonyl (C=O) groups is 1. The van der Waals surface area contributed by atoms with E-state index >= 15 is 0 Å². The number of aldehydes is 1. The maximum Gasteiger partial charge on any atom is 0.156 e. The molecule has 17 heavy (non-hydrogen) atoms. The van der Waals surface area contributed by atoms with Gasteiger partial charge in [-0.25, -0.2) is 9.97 Å². The molecule has 2 aromatic rings. The molecule has 0 aliphatic rings. The van der Waals surface area contributed by atoms with E-state index in [9.17, 15) is 4.79 Å². The van der Waals surface area contributed by atoms with Crippen LogP contribution in [0.15, 0.2) is 18.6 Å². The van der Waals surface area contributed by atoms with Gasteiger partial charge < -0.3 is 5.32 Å². The summed E-state index contributed by atoms with van der Waals surface area (Å²) in [5.41, 5.74) is 1.10. The van der Waals surface area contributed by atoms with Crippen molar-refractivity contribution in [3.63, 3.8) is 0 Å². The highest BCUT2D eigenvalue weighted by Crippen LogP contribution is 2.17. The molecule has 0 unspecified atom stereocenters. The van der Waals surface area contributed by atoms with E-state index in [1.807, 2.05) is 19.3 Å². The number of rotatable bonds is 4. The SMILES string of the molecule is Cn1ccc(CNc2ncnc(Cl)c2C=O)n1. The second-order valence-electron chi connectivity index (χ2n) is 3.38. The predicted octanol–water partition coefficient (Wildman–Crippen LogP) is 1.29. The van der Waals surface area contributed by atoms with Crippen LogP contribution in [0.25, 0.3) is 0 Å². The van der Waals surface area contributed by atoms with Gasteiger partial charge in [0.1, 0.15) is 17.3 Å². The molecule has 2 aromatic heterocycles. The molecule has 0 spiro atoms. The lowest BCUT2D eigenvalue weighted by atomic mass is 10.3. The summed E-state index contributed by atoms with van der Waals surface area (Å²) in [6.45, 7) is 0.467.